The molecular formula is C23H32N2O2. The van der Waals surface area contributed by atoms with E-state index in [9.17, 15) is 5.11 Å². The Balaban J connectivity index is 1.68. The predicted molar refractivity (Wildman–Crippen MR) is 110 cm³/mol. The van der Waals surface area contributed by atoms with Crippen LogP contribution in [0.4, 0.5) is 0 Å². The van der Waals surface area contributed by atoms with Crippen molar-refractivity contribution < 1.29 is 9.84 Å². The molecule has 0 amide bonds. The maximum absolute atomic E-state index is 10.4. The van der Waals surface area contributed by atoms with Crippen LogP contribution in [0.1, 0.15) is 24.0 Å². The summed E-state index contributed by atoms with van der Waals surface area (Å²) in [4.78, 5) is 4.94. The molecule has 1 N–H and O–H groups in total. The van der Waals surface area contributed by atoms with Crippen molar-refractivity contribution in [3.8, 4) is 11.5 Å². The number of benzene rings is 2. The van der Waals surface area contributed by atoms with Gasteiger partial charge in [0.25, 0.3) is 0 Å². The van der Waals surface area contributed by atoms with Gasteiger partial charge in [0, 0.05) is 37.8 Å². The first-order chi connectivity index (χ1) is 13.1. The summed E-state index contributed by atoms with van der Waals surface area (Å²) in [5.41, 5.74) is 2.33. The summed E-state index contributed by atoms with van der Waals surface area (Å²) in [5, 5.41) is 10.4. The molecular weight excluding hydrogens is 336 g/mol. The molecule has 0 saturated carbocycles. The smallest absolute Gasteiger partial charge is 0.123 e. The van der Waals surface area contributed by atoms with Crippen LogP contribution in [0.5, 0.6) is 11.5 Å². The molecule has 1 aliphatic heterocycles. The number of nitrogens with zero attached hydrogens (tertiary/aromatic N) is 2. The monoisotopic (exact) mass is 368 g/mol. The molecule has 4 nitrogen and oxygen atoms in total. The van der Waals surface area contributed by atoms with Gasteiger partial charge in [0.1, 0.15) is 11.5 Å². The van der Waals surface area contributed by atoms with Gasteiger partial charge in [-0.15, -0.1) is 0 Å². The Kier molecular flexibility index (Phi) is 7.13. The molecule has 0 spiro atoms. The van der Waals surface area contributed by atoms with Gasteiger partial charge in [0.2, 0.25) is 0 Å². The fourth-order valence-corrected chi connectivity index (χ4v) is 4.00. The summed E-state index contributed by atoms with van der Waals surface area (Å²) in [6, 6.07) is 16.3. The van der Waals surface area contributed by atoms with Gasteiger partial charge in [-0.2, -0.15) is 0 Å². The number of aromatic hydroxyl groups is 1. The van der Waals surface area contributed by atoms with Gasteiger partial charge in [0.15, 0.2) is 0 Å². The first kappa shape index (κ1) is 19.7. The first-order valence-electron chi connectivity index (χ1n) is 9.94. The summed E-state index contributed by atoms with van der Waals surface area (Å²) >= 11 is 0. The lowest BCUT2D eigenvalue weighted by Gasteiger charge is -2.34. The predicted octanol–water partition coefficient (Wildman–Crippen LogP) is 3.79. The maximum Gasteiger partial charge on any atom is 0.123 e. The van der Waals surface area contributed by atoms with Crippen LogP contribution in [-0.4, -0.2) is 55.2 Å². The highest BCUT2D eigenvalue weighted by Gasteiger charge is 2.21. The van der Waals surface area contributed by atoms with E-state index in [4.69, 9.17) is 4.74 Å². The highest BCUT2D eigenvalue weighted by Crippen LogP contribution is 2.26. The molecule has 0 aliphatic carbocycles. The summed E-state index contributed by atoms with van der Waals surface area (Å²) in [5.74, 6) is 1.71. The summed E-state index contributed by atoms with van der Waals surface area (Å²) in [6.45, 7) is 5.21. The molecule has 1 unspecified atom stereocenters. The fraction of sp³-hybridized carbons (Fsp3) is 0.478. The zero-order chi connectivity index (χ0) is 19.1. The molecule has 1 atom stereocenters. The zero-order valence-electron chi connectivity index (χ0n) is 16.6. The Morgan fingerprint density at radius 3 is 2.70 bits per heavy atom. The van der Waals surface area contributed by atoms with Gasteiger partial charge in [-0.1, -0.05) is 36.4 Å². The van der Waals surface area contributed by atoms with Gasteiger partial charge in [-0.05, 0) is 50.4 Å². The third-order valence-electron chi connectivity index (χ3n) is 5.48. The van der Waals surface area contributed by atoms with Gasteiger partial charge in [-0.3, -0.25) is 4.90 Å². The molecule has 0 aromatic heterocycles. The lowest BCUT2D eigenvalue weighted by atomic mass is 9.97. The minimum absolute atomic E-state index is 0.319. The topological polar surface area (TPSA) is 35.9 Å². The number of phenols is 1. The van der Waals surface area contributed by atoms with E-state index in [1.807, 2.05) is 12.1 Å². The van der Waals surface area contributed by atoms with E-state index >= 15 is 0 Å². The Labute approximate surface area is 163 Å². The zero-order valence-corrected chi connectivity index (χ0v) is 16.6. The maximum atomic E-state index is 10.4. The van der Waals surface area contributed by atoms with Crippen molar-refractivity contribution in [3.63, 3.8) is 0 Å². The van der Waals surface area contributed by atoms with Crippen LogP contribution in [0.15, 0.2) is 48.5 Å². The minimum atomic E-state index is 0.319. The number of likely N-dealkylation sites (tertiary alicyclic amines) is 1. The van der Waals surface area contributed by atoms with Crippen molar-refractivity contribution in [2.75, 3.05) is 40.3 Å². The Morgan fingerprint density at radius 1 is 1.19 bits per heavy atom. The molecule has 2 aromatic carbocycles. The van der Waals surface area contributed by atoms with Gasteiger partial charge in [-0.25, -0.2) is 0 Å². The van der Waals surface area contributed by atoms with Crippen molar-refractivity contribution in [3.05, 3.63) is 59.7 Å². The number of ether oxygens (including phenoxy) is 1. The van der Waals surface area contributed by atoms with E-state index in [1.54, 1.807) is 13.2 Å². The van der Waals surface area contributed by atoms with E-state index in [-0.39, 0.29) is 0 Å². The number of hydrogen-bond donors (Lipinski definition) is 1. The number of piperidine rings is 1. The van der Waals surface area contributed by atoms with Crippen molar-refractivity contribution in [2.24, 2.45) is 5.92 Å². The second kappa shape index (κ2) is 9.77. The van der Waals surface area contributed by atoms with Crippen molar-refractivity contribution in [1.29, 1.82) is 0 Å². The average Bonchev–Trinajstić information content (AvgIpc) is 2.68. The molecule has 146 valence electrons. The number of hydrogen-bond acceptors (Lipinski definition) is 4. The minimum Gasteiger partial charge on any atom is -0.507 e. The van der Waals surface area contributed by atoms with E-state index < -0.39 is 0 Å². The molecule has 1 heterocycles. The average molecular weight is 369 g/mol. The van der Waals surface area contributed by atoms with E-state index in [0.717, 1.165) is 38.2 Å². The summed E-state index contributed by atoms with van der Waals surface area (Å²) in [6.07, 6.45) is 3.60. The second-order valence-corrected chi connectivity index (χ2v) is 7.74. The van der Waals surface area contributed by atoms with Crippen LogP contribution in [0.3, 0.4) is 0 Å². The first-order valence-corrected chi connectivity index (χ1v) is 9.94. The van der Waals surface area contributed by atoms with Crippen molar-refractivity contribution >= 4 is 0 Å². The van der Waals surface area contributed by atoms with Crippen molar-refractivity contribution in [1.82, 2.24) is 9.80 Å². The summed E-state index contributed by atoms with van der Waals surface area (Å²) in [7, 11) is 3.84. The molecule has 4 heteroatoms. The molecule has 1 aliphatic rings. The highest BCUT2D eigenvalue weighted by molar-refractivity contribution is 5.39. The fourth-order valence-electron chi connectivity index (χ4n) is 4.00. The third kappa shape index (κ3) is 5.98. The normalized spacial score (nSPS) is 18.0. The molecule has 1 fully saturated rings. The lowest BCUT2D eigenvalue weighted by molar-refractivity contribution is 0.147. The molecule has 1 saturated heterocycles. The van der Waals surface area contributed by atoms with Gasteiger partial charge < -0.3 is 14.7 Å². The van der Waals surface area contributed by atoms with Gasteiger partial charge >= 0.3 is 0 Å². The van der Waals surface area contributed by atoms with Crippen LogP contribution in [0, 0.1) is 5.92 Å². The molecule has 2 aromatic rings. The van der Waals surface area contributed by atoms with Crippen LogP contribution in [-0.2, 0) is 13.0 Å². The SMILES string of the molecule is COc1ccc(CN(CCc2ccccc2)CC2CCCN(C)C2)c(O)c1. The standard InChI is InChI=1S/C23H32N2O2/c1-24-13-6-9-20(16-24)17-25(14-12-19-7-4-3-5-8-19)18-21-10-11-22(27-2)15-23(21)26/h3-5,7-8,10-11,15,20,26H,6,9,12-14,16-18H2,1-2H3. The third-order valence-corrected chi connectivity index (χ3v) is 5.48. The largest absolute Gasteiger partial charge is 0.507 e. The van der Waals surface area contributed by atoms with Gasteiger partial charge in [0.05, 0.1) is 7.11 Å². The molecule has 0 radical (unpaired) electrons. The Hall–Kier alpha value is -2.04. The van der Waals surface area contributed by atoms with E-state index in [0.29, 0.717) is 17.4 Å². The molecule has 27 heavy (non-hydrogen) atoms. The highest BCUT2D eigenvalue weighted by atomic mass is 16.5. The van der Waals surface area contributed by atoms with Crippen LogP contribution >= 0.6 is 0 Å². The number of methoxy groups -OCH3 is 1. The lowest BCUT2D eigenvalue weighted by Crippen LogP contribution is -2.39. The number of phenolic OH excluding ortho intramolecular Hbond substituents is 1. The van der Waals surface area contributed by atoms with E-state index in [1.165, 1.54) is 24.9 Å². The Bertz CT molecular complexity index is 705. The van der Waals surface area contributed by atoms with E-state index in [2.05, 4.69) is 47.2 Å². The summed E-state index contributed by atoms with van der Waals surface area (Å²) < 4.78 is 5.21. The van der Waals surface area contributed by atoms with Crippen molar-refractivity contribution in [2.45, 2.75) is 25.8 Å². The number of rotatable bonds is 8. The van der Waals surface area contributed by atoms with Crippen LogP contribution in [0.25, 0.3) is 0 Å². The quantitative estimate of drug-likeness (QED) is 0.769. The molecule has 0 bridgehead atoms. The van der Waals surface area contributed by atoms with Crippen LogP contribution < -0.4 is 4.74 Å². The van der Waals surface area contributed by atoms with Crippen LogP contribution in [0.2, 0.25) is 0 Å². The Morgan fingerprint density at radius 2 is 2.00 bits per heavy atom. The molecule has 3 rings (SSSR count). The second-order valence-electron chi connectivity index (χ2n) is 7.74.